The molecule has 0 aliphatic heterocycles. The number of likely N-dealkylation sites (N-methyl/N-ethyl adjacent to an activating group) is 1. The molecule has 1 N–H and O–H groups in total. The van der Waals surface area contributed by atoms with Crippen molar-refractivity contribution < 1.29 is 18.7 Å². The van der Waals surface area contributed by atoms with E-state index in [0.29, 0.717) is 35.3 Å². The molecule has 0 spiro atoms. The van der Waals surface area contributed by atoms with E-state index < -0.39 is 0 Å². The Morgan fingerprint density at radius 2 is 2.00 bits per heavy atom. The topological polar surface area (TPSA) is 84.7 Å². The number of hydrogen-bond donors (Lipinski definition) is 1. The van der Waals surface area contributed by atoms with Gasteiger partial charge >= 0.3 is 0 Å². The van der Waals surface area contributed by atoms with Crippen molar-refractivity contribution >= 4 is 28.3 Å². The van der Waals surface area contributed by atoms with E-state index in [1.54, 1.807) is 30.3 Å². The molecule has 3 rings (SSSR count). The lowest BCUT2D eigenvalue weighted by molar-refractivity contribution is -0.129. The van der Waals surface area contributed by atoms with E-state index in [2.05, 4.69) is 10.3 Å². The lowest BCUT2D eigenvalue weighted by Gasteiger charge is -2.17. The van der Waals surface area contributed by atoms with Crippen molar-refractivity contribution in [1.29, 1.82) is 0 Å². The number of furan rings is 1. The van der Waals surface area contributed by atoms with Crippen LogP contribution in [-0.4, -0.2) is 35.4 Å². The molecule has 0 bridgehead atoms. The maximum absolute atomic E-state index is 12.5. The third-order valence-electron chi connectivity index (χ3n) is 4.29. The maximum Gasteiger partial charge on any atom is 0.260 e. The van der Waals surface area contributed by atoms with Crippen molar-refractivity contribution in [2.45, 2.75) is 26.8 Å². The van der Waals surface area contributed by atoms with Gasteiger partial charge in [-0.3, -0.25) is 14.9 Å². The summed E-state index contributed by atoms with van der Waals surface area (Å²) >= 11 is 1.29. The summed E-state index contributed by atoms with van der Waals surface area (Å²) in [4.78, 5) is 30.7. The summed E-state index contributed by atoms with van der Waals surface area (Å²) in [5.41, 5.74) is 2.11. The average Bonchev–Trinajstić information content (AvgIpc) is 3.32. The van der Waals surface area contributed by atoms with Crippen LogP contribution in [0.1, 0.15) is 34.3 Å². The Morgan fingerprint density at radius 1 is 1.24 bits per heavy atom. The lowest BCUT2D eigenvalue weighted by atomic mass is 10.2. The number of anilines is 1. The average molecular weight is 413 g/mol. The van der Waals surface area contributed by atoms with E-state index in [1.807, 2.05) is 31.2 Å². The molecule has 29 heavy (non-hydrogen) atoms. The summed E-state index contributed by atoms with van der Waals surface area (Å²) < 4.78 is 10.6. The quantitative estimate of drug-likeness (QED) is 0.605. The molecule has 0 aliphatic carbocycles. The van der Waals surface area contributed by atoms with Gasteiger partial charge in [0, 0.05) is 19.0 Å². The van der Waals surface area contributed by atoms with Crippen LogP contribution < -0.4 is 10.1 Å². The molecule has 1 aromatic carbocycles. The van der Waals surface area contributed by atoms with Gasteiger partial charge in [-0.25, -0.2) is 4.98 Å². The van der Waals surface area contributed by atoms with Crippen LogP contribution in [0.15, 0.2) is 46.4 Å². The van der Waals surface area contributed by atoms with Crippen LogP contribution in [0, 0.1) is 6.92 Å². The molecule has 3 aromatic rings. The minimum absolute atomic E-state index is 0.0484. The van der Waals surface area contributed by atoms with E-state index in [0.717, 1.165) is 11.3 Å². The zero-order chi connectivity index (χ0) is 20.8. The van der Waals surface area contributed by atoms with Crippen LogP contribution >= 0.6 is 11.3 Å². The Labute approximate surface area is 173 Å². The Balaban J connectivity index is 1.53. The summed E-state index contributed by atoms with van der Waals surface area (Å²) in [5.74, 6) is 1.03. The van der Waals surface area contributed by atoms with E-state index in [9.17, 15) is 9.59 Å². The standard InChI is InChI=1S/C21H23N3O4S/c1-4-27-17-7-5-15(6-8-17)12-24(3)19(25)11-16-13-29-21(22-16)23-20(26)18-9-10-28-14(18)2/h5-10,13H,4,11-12H2,1-3H3,(H,22,23,26). The molecule has 0 aliphatic rings. The van der Waals surface area contributed by atoms with E-state index in [4.69, 9.17) is 9.15 Å². The second kappa shape index (κ2) is 9.38. The monoisotopic (exact) mass is 413 g/mol. The van der Waals surface area contributed by atoms with Crippen LogP contribution in [0.4, 0.5) is 5.13 Å². The first-order chi connectivity index (χ1) is 14.0. The first-order valence-electron chi connectivity index (χ1n) is 9.21. The number of hydrogen-bond acceptors (Lipinski definition) is 6. The van der Waals surface area contributed by atoms with Crippen molar-refractivity contribution in [3.05, 3.63) is 64.6 Å². The van der Waals surface area contributed by atoms with Crippen LogP contribution in [0.25, 0.3) is 0 Å². The van der Waals surface area contributed by atoms with Crippen LogP contribution in [0.3, 0.4) is 0 Å². The normalized spacial score (nSPS) is 10.6. The summed E-state index contributed by atoms with van der Waals surface area (Å²) in [7, 11) is 1.76. The SMILES string of the molecule is CCOc1ccc(CN(C)C(=O)Cc2csc(NC(=O)c3ccoc3C)n2)cc1. The van der Waals surface area contributed by atoms with E-state index >= 15 is 0 Å². The predicted molar refractivity (Wildman–Crippen MR) is 111 cm³/mol. The van der Waals surface area contributed by atoms with Gasteiger partial charge < -0.3 is 14.1 Å². The van der Waals surface area contributed by atoms with Crippen LogP contribution in [-0.2, 0) is 17.8 Å². The number of ether oxygens (including phenoxy) is 1. The summed E-state index contributed by atoms with van der Waals surface area (Å²) in [6.45, 7) is 4.78. The summed E-state index contributed by atoms with van der Waals surface area (Å²) in [5, 5.41) is 4.96. The van der Waals surface area contributed by atoms with Gasteiger partial charge in [0.05, 0.1) is 30.5 Å². The molecular formula is C21H23N3O4S. The highest BCUT2D eigenvalue weighted by atomic mass is 32.1. The number of carbonyl (C=O) groups is 2. The maximum atomic E-state index is 12.5. The first kappa shape index (κ1) is 20.6. The molecule has 0 unspecified atom stereocenters. The minimum Gasteiger partial charge on any atom is -0.494 e. The number of amides is 2. The number of thiazole rings is 1. The van der Waals surface area contributed by atoms with Crippen molar-refractivity contribution in [2.75, 3.05) is 19.0 Å². The third-order valence-corrected chi connectivity index (χ3v) is 5.09. The number of nitrogens with zero attached hydrogens (tertiary/aromatic N) is 2. The fourth-order valence-corrected chi connectivity index (χ4v) is 3.45. The van der Waals surface area contributed by atoms with Crippen molar-refractivity contribution in [3.63, 3.8) is 0 Å². The number of carbonyl (C=O) groups excluding carboxylic acids is 2. The van der Waals surface area contributed by atoms with Gasteiger partial charge in [0.15, 0.2) is 5.13 Å². The largest absolute Gasteiger partial charge is 0.494 e. The van der Waals surface area contributed by atoms with Crippen molar-refractivity contribution in [3.8, 4) is 5.75 Å². The van der Waals surface area contributed by atoms with Crippen LogP contribution in [0.5, 0.6) is 5.75 Å². The number of nitrogens with one attached hydrogen (secondary N) is 1. The zero-order valence-electron chi connectivity index (χ0n) is 16.6. The molecule has 2 aromatic heterocycles. The Hall–Kier alpha value is -3.13. The van der Waals surface area contributed by atoms with E-state index in [-0.39, 0.29) is 18.2 Å². The first-order valence-corrected chi connectivity index (χ1v) is 10.1. The Kier molecular flexibility index (Phi) is 6.66. The lowest BCUT2D eigenvalue weighted by Crippen LogP contribution is -2.27. The Bertz CT molecular complexity index is 978. The van der Waals surface area contributed by atoms with Gasteiger partial charge in [-0.2, -0.15) is 0 Å². The molecule has 2 amide bonds. The second-order valence-electron chi connectivity index (χ2n) is 6.49. The van der Waals surface area contributed by atoms with Gasteiger partial charge in [-0.1, -0.05) is 12.1 Å². The molecule has 2 heterocycles. The van der Waals surface area contributed by atoms with Gasteiger partial charge in [-0.15, -0.1) is 11.3 Å². The molecule has 0 fully saturated rings. The number of rotatable bonds is 8. The molecule has 7 nitrogen and oxygen atoms in total. The number of aromatic nitrogens is 1. The molecule has 0 radical (unpaired) electrons. The summed E-state index contributed by atoms with van der Waals surface area (Å²) in [6, 6.07) is 9.30. The van der Waals surface area contributed by atoms with Crippen molar-refractivity contribution in [2.24, 2.45) is 0 Å². The zero-order valence-corrected chi connectivity index (χ0v) is 17.4. The highest BCUT2D eigenvalue weighted by Gasteiger charge is 2.16. The van der Waals surface area contributed by atoms with Gasteiger partial charge in [0.1, 0.15) is 11.5 Å². The molecule has 0 saturated heterocycles. The smallest absolute Gasteiger partial charge is 0.260 e. The third kappa shape index (κ3) is 5.45. The fourth-order valence-electron chi connectivity index (χ4n) is 2.74. The van der Waals surface area contributed by atoms with Gasteiger partial charge in [0.25, 0.3) is 5.91 Å². The molecule has 0 saturated carbocycles. The minimum atomic E-state index is -0.281. The van der Waals surface area contributed by atoms with Gasteiger partial charge in [-0.05, 0) is 37.6 Å². The fraction of sp³-hybridized carbons (Fsp3) is 0.286. The molecular weight excluding hydrogens is 390 g/mol. The van der Waals surface area contributed by atoms with Crippen LogP contribution in [0.2, 0.25) is 0 Å². The highest BCUT2D eigenvalue weighted by Crippen LogP contribution is 2.19. The summed E-state index contributed by atoms with van der Waals surface area (Å²) in [6.07, 6.45) is 1.64. The predicted octanol–water partition coefficient (Wildman–Crippen LogP) is 3.90. The van der Waals surface area contributed by atoms with Gasteiger partial charge in [0.2, 0.25) is 5.91 Å². The second-order valence-corrected chi connectivity index (χ2v) is 7.35. The molecule has 0 atom stereocenters. The highest BCUT2D eigenvalue weighted by molar-refractivity contribution is 7.14. The van der Waals surface area contributed by atoms with Crippen molar-refractivity contribution in [1.82, 2.24) is 9.88 Å². The van der Waals surface area contributed by atoms with E-state index in [1.165, 1.54) is 17.6 Å². The number of benzene rings is 1. The molecule has 8 heteroatoms. The molecule has 152 valence electrons. The number of aryl methyl sites for hydroxylation is 1. The Morgan fingerprint density at radius 3 is 2.66 bits per heavy atom.